The summed E-state index contributed by atoms with van der Waals surface area (Å²) in [5.41, 5.74) is -0.0439. The predicted molar refractivity (Wildman–Crippen MR) is 61.3 cm³/mol. The van der Waals surface area contributed by atoms with Crippen molar-refractivity contribution in [1.82, 2.24) is 5.32 Å². The van der Waals surface area contributed by atoms with Crippen LogP contribution in [0.4, 0.5) is 0 Å². The topological polar surface area (TPSA) is 42.2 Å². The molecule has 0 saturated heterocycles. The summed E-state index contributed by atoms with van der Waals surface area (Å²) in [6.07, 6.45) is 3.27. The molecule has 82 valence electrons. The van der Waals surface area contributed by atoms with Crippen LogP contribution in [0.1, 0.15) is 35.6 Å². The van der Waals surface area contributed by atoms with E-state index >= 15 is 0 Å². The third-order valence-corrected chi connectivity index (χ3v) is 3.98. The fourth-order valence-electron chi connectivity index (χ4n) is 1.75. The van der Waals surface area contributed by atoms with Crippen LogP contribution in [0.25, 0.3) is 0 Å². The molecule has 1 heterocycles. The van der Waals surface area contributed by atoms with E-state index in [-0.39, 0.29) is 11.4 Å². The van der Waals surface area contributed by atoms with E-state index in [4.69, 9.17) is 4.42 Å². The number of aryl methyl sites for hydroxylation is 1. The first-order valence-electron chi connectivity index (χ1n) is 5.10. The van der Waals surface area contributed by atoms with E-state index in [9.17, 15) is 4.79 Å². The Labute approximate surface area is 97.4 Å². The zero-order valence-electron chi connectivity index (χ0n) is 8.68. The molecule has 3 nitrogen and oxygen atoms in total. The summed E-state index contributed by atoms with van der Waals surface area (Å²) in [5.74, 6) is 1.06. The second-order valence-corrected chi connectivity index (χ2v) is 4.69. The number of rotatable bonds is 3. The van der Waals surface area contributed by atoms with Gasteiger partial charge in [0, 0.05) is 5.33 Å². The third-order valence-electron chi connectivity index (χ3n) is 2.91. The highest BCUT2D eigenvalue weighted by Crippen LogP contribution is 2.33. The average molecular weight is 272 g/mol. The Morgan fingerprint density at radius 1 is 1.60 bits per heavy atom. The monoisotopic (exact) mass is 271 g/mol. The van der Waals surface area contributed by atoms with Crippen LogP contribution in [0.15, 0.2) is 16.5 Å². The number of alkyl halides is 1. The molecule has 1 saturated carbocycles. The Hall–Kier alpha value is -0.770. The molecule has 15 heavy (non-hydrogen) atoms. The number of carbonyl (C=O) groups is 1. The Balaban J connectivity index is 2.03. The highest BCUT2D eigenvalue weighted by Gasteiger charge is 2.37. The summed E-state index contributed by atoms with van der Waals surface area (Å²) in [4.78, 5) is 11.8. The summed E-state index contributed by atoms with van der Waals surface area (Å²) >= 11 is 3.44. The number of amides is 1. The van der Waals surface area contributed by atoms with Gasteiger partial charge in [0.05, 0.1) is 5.54 Å². The van der Waals surface area contributed by atoms with Crippen molar-refractivity contribution in [2.24, 2.45) is 0 Å². The second kappa shape index (κ2) is 4.00. The van der Waals surface area contributed by atoms with Crippen molar-refractivity contribution < 1.29 is 9.21 Å². The average Bonchev–Trinajstić information content (AvgIpc) is 2.58. The van der Waals surface area contributed by atoms with E-state index in [1.807, 2.05) is 6.92 Å². The fourth-order valence-corrected chi connectivity index (χ4v) is 2.46. The van der Waals surface area contributed by atoms with Crippen LogP contribution in [-0.4, -0.2) is 16.8 Å². The molecule has 0 atom stereocenters. The van der Waals surface area contributed by atoms with Crippen LogP contribution >= 0.6 is 15.9 Å². The number of halogens is 1. The van der Waals surface area contributed by atoms with Gasteiger partial charge in [0.15, 0.2) is 5.76 Å². The summed E-state index contributed by atoms with van der Waals surface area (Å²) in [7, 11) is 0. The Morgan fingerprint density at radius 3 is 2.73 bits per heavy atom. The van der Waals surface area contributed by atoms with Crippen molar-refractivity contribution in [2.45, 2.75) is 31.7 Å². The number of carbonyl (C=O) groups excluding carboxylic acids is 1. The molecule has 0 aromatic carbocycles. The summed E-state index contributed by atoms with van der Waals surface area (Å²) in [6.45, 7) is 1.83. The van der Waals surface area contributed by atoms with Crippen LogP contribution in [-0.2, 0) is 0 Å². The van der Waals surface area contributed by atoms with Crippen molar-refractivity contribution in [3.05, 3.63) is 23.7 Å². The summed E-state index contributed by atoms with van der Waals surface area (Å²) in [5, 5.41) is 3.84. The largest absolute Gasteiger partial charge is 0.456 e. The molecule has 1 fully saturated rings. The molecule has 0 unspecified atom stereocenters. The Bertz CT molecular complexity index is 363. The van der Waals surface area contributed by atoms with Crippen molar-refractivity contribution in [2.75, 3.05) is 5.33 Å². The van der Waals surface area contributed by atoms with Gasteiger partial charge in [-0.1, -0.05) is 15.9 Å². The van der Waals surface area contributed by atoms with Gasteiger partial charge in [-0.15, -0.1) is 0 Å². The minimum absolute atomic E-state index is 0.0439. The van der Waals surface area contributed by atoms with Crippen molar-refractivity contribution in [3.63, 3.8) is 0 Å². The Morgan fingerprint density at radius 2 is 2.33 bits per heavy atom. The molecule has 2 rings (SSSR count). The maximum atomic E-state index is 11.8. The normalized spacial score (nSPS) is 18.3. The summed E-state index contributed by atoms with van der Waals surface area (Å²) in [6, 6.07) is 3.52. The molecule has 1 N–H and O–H groups in total. The highest BCUT2D eigenvalue weighted by molar-refractivity contribution is 9.09. The molecule has 0 radical (unpaired) electrons. The lowest BCUT2D eigenvalue weighted by atomic mass is 9.78. The van der Waals surface area contributed by atoms with E-state index in [1.54, 1.807) is 12.1 Å². The quantitative estimate of drug-likeness (QED) is 0.859. The van der Waals surface area contributed by atoms with Gasteiger partial charge in [-0.3, -0.25) is 4.79 Å². The lowest BCUT2D eigenvalue weighted by Gasteiger charge is -2.40. The smallest absolute Gasteiger partial charge is 0.287 e. The van der Waals surface area contributed by atoms with Crippen molar-refractivity contribution >= 4 is 21.8 Å². The molecule has 1 aromatic rings. The number of hydrogen-bond acceptors (Lipinski definition) is 2. The van der Waals surface area contributed by atoms with Gasteiger partial charge < -0.3 is 9.73 Å². The third kappa shape index (κ3) is 2.09. The van der Waals surface area contributed by atoms with Crippen LogP contribution in [0.5, 0.6) is 0 Å². The molecule has 1 aliphatic rings. The molecule has 1 aromatic heterocycles. The first kappa shape index (κ1) is 10.7. The van der Waals surface area contributed by atoms with Crippen LogP contribution in [0, 0.1) is 6.92 Å². The van der Waals surface area contributed by atoms with Gasteiger partial charge >= 0.3 is 0 Å². The minimum Gasteiger partial charge on any atom is -0.456 e. The lowest BCUT2D eigenvalue weighted by Crippen LogP contribution is -2.54. The standard InChI is InChI=1S/C11H14BrNO2/c1-8-3-4-9(15-8)10(14)13-11(7-12)5-2-6-11/h3-4H,2,5-7H2,1H3,(H,13,14). The zero-order chi connectivity index (χ0) is 10.9. The first-order valence-corrected chi connectivity index (χ1v) is 6.22. The van der Waals surface area contributed by atoms with Gasteiger partial charge in [0.1, 0.15) is 5.76 Å². The highest BCUT2D eigenvalue weighted by atomic mass is 79.9. The molecule has 0 spiro atoms. The minimum atomic E-state index is -0.109. The van der Waals surface area contributed by atoms with Gasteiger partial charge in [0.2, 0.25) is 0 Å². The van der Waals surface area contributed by atoms with Crippen molar-refractivity contribution in [1.29, 1.82) is 0 Å². The van der Waals surface area contributed by atoms with Gasteiger partial charge in [-0.25, -0.2) is 0 Å². The maximum Gasteiger partial charge on any atom is 0.287 e. The molecule has 0 bridgehead atoms. The molecule has 1 aliphatic carbocycles. The number of nitrogens with one attached hydrogen (secondary N) is 1. The van der Waals surface area contributed by atoms with Gasteiger partial charge in [-0.05, 0) is 38.3 Å². The van der Waals surface area contributed by atoms with Crippen molar-refractivity contribution in [3.8, 4) is 0 Å². The molecule has 1 amide bonds. The van der Waals surface area contributed by atoms with E-state index in [1.165, 1.54) is 6.42 Å². The molecular weight excluding hydrogens is 258 g/mol. The first-order chi connectivity index (χ1) is 7.15. The Kier molecular flexibility index (Phi) is 2.87. The predicted octanol–water partition coefficient (Wildman–Crippen LogP) is 2.64. The van der Waals surface area contributed by atoms with Crippen LogP contribution in [0.2, 0.25) is 0 Å². The molecular formula is C11H14BrNO2. The van der Waals surface area contributed by atoms with Gasteiger partial charge in [0.25, 0.3) is 5.91 Å². The van der Waals surface area contributed by atoms with E-state index in [0.29, 0.717) is 5.76 Å². The zero-order valence-corrected chi connectivity index (χ0v) is 10.3. The van der Waals surface area contributed by atoms with Gasteiger partial charge in [-0.2, -0.15) is 0 Å². The molecule has 4 heteroatoms. The molecule has 0 aliphatic heterocycles. The maximum absolute atomic E-state index is 11.8. The summed E-state index contributed by atoms with van der Waals surface area (Å²) < 4.78 is 5.28. The SMILES string of the molecule is Cc1ccc(C(=O)NC2(CBr)CCC2)o1. The van der Waals surface area contributed by atoms with Crippen LogP contribution in [0.3, 0.4) is 0 Å². The van der Waals surface area contributed by atoms with Crippen LogP contribution < -0.4 is 5.32 Å². The van der Waals surface area contributed by atoms with E-state index in [2.05, 4.69) is 21.2 Å². The lowest BCUT2D eigenvalue weighted by molar-refractivity contribution is 0.0826. The second-order valence-electron chi connectivity index (χ2n) is 4.13. The number of furan rings is 1. The van der Waals surface area contributed by atoms with E-state index in [0.717, 1.165) is 23.9 Å². The fraction of sp³-hybridized carbons (Fsp3) is 0.545. The number of hydrogen-bond donors (Lipinski definition) is 1. The van der Waals surface area contributed by atoms with E-state index < -0.39 is 0 Å².